The highest BCUT2D eigenvalue weighted by Gasteiger charge is 2.47. The van der Waals surface area contributed by atoms with E-state index in [1.165, 1.54) is 4.90 Å². The molecule has 0 radical (unpaired) electrons. The van der Waals surface area contributed by atoms with Crippen molar-refractivity contribution in [1.82, 2.24) is 10.2 Å². The molecule has 4 heteroatoms. The van der Waals surface area contributed by atoms with Crippen molar-refractivity contribution in [1.29, 1.82) is 0 Å². The zero-order chi connectivity index (χ0) is 16.4. The van der Waals surface area contributed by atoms with Gasteiger partial charge in [0.15, 0.2) is 0 Å². The molecule has 0 bridgehead atoms. The molecule has 3 amide bonds. The number of nitrogens with one attached hydrogen (secondary N) is 1. The van der Waals surface area contributed by atoms with Crippen LogP contribution in [0.3, 0.4) is 0 Å². The van der Waals surface area contributed by atoms with E-state index in [9.17, 15) is 9.59 Å². The molecule has 23 heavy (non-hydrogen) atoms. The van der Waals surface area contributed by atoms with Crippen molar-refractivity contribution < 1.29 is 9.59 Å². The molecule has 1 saturated heterocycles. The lowest BCUT2D eigenvalue weighted by Gasteiger charge is -2.27. The van der Waals surface area contributed by atoms with Crippen LogP contribution in [0.4, 0.5) is 4.79 Å². The Labute approximate surface area is 136 Å². The molecule has 0 saturated carbocycles. The van der Waals surface area contributed by atoms with Gasteiger partial charge in [0, 0.05) is 0 Å². The summed E-state index contributed by atoms with van der Waals surface area (Å²) in [6.07, 6.45) is 0.597. The number of carbonyl (C=O) groups is 2. The van der Waals surface area contributed by atoms with Crippen LogP contribution in [-0.2, 0) is 11.2 Å². The van der Waals surface area contributed by atoms with E-state index in [-0.39, 0.29) is 18.0 Å². The van der Waals surface area contributed by atoms with E-state index >= 15 is 0 Å². The van der Waals surface area contributed by atoms with Crippen LogP contribution in [0.5, 0.6) is 0 Å². The van der Waals surface area contributed by atoms with Crippen LogP contribution < -0.4 is 5.32 Å². The standard InChI is InChI=1S/C19H20N2O2/c1-19(2)17(22)21(18(23)20-19)16(15-11-7-4-8-12-15)13-14-9-5-3-6-10-14/h3-12,16H,13H2,1-2H3,(H,20,23). The third kappa shape index (κ3) is 2.97. The number of imide groups is 1. The molecule has 1 unspecified atom stereocenters. The number of amides is 3. The maximum Gasteiger partial charge on any atom is 0.325 e. The van der Waals surface area contributed by atoms with Gasteiger partial charge in [-0.2, -0.15) is 0 Å². The quantitative estimate of drug-likeness (QED) is 0.881. The molecule has 4 nitrogen and oxygen atoms in total. The predicted octanol–water partition coefficient (Wildman–Crippen LogP) is 3.30. The van der Waals surface area contributed by atoms with Crippen LogP contribution >= 0.6 is 0 Å². The number of carbonyl (C=O) groups excluding carboxylic acids is 2. The van der Waals surface area contributed by atoms with Gasteiger partial charge < -0.3 is 5.32 Å². The van der Waals surface area contributed by atoms with E-state index < -0.39 is 5.54 Å². The average Bonchev–Trinajstić information content (AvgIpc) is 2.75. The van der Waals surface area contributed by atoms with E-state index in [1.54, 1.807) is 13.8 Å². The molecule has 1 heterocycles. The first-order valence-corrected chi connectivity index (χ1v) is 7.74. The van der Waals surface area contributed by atoms with E-state index in [2.05, 4.69) is 5.32 Å². The highest BCUT2D eigenvalue weighted by molar-refractivity contribution is 6.06. The second-order valence-electron chi connectivity index (χ2n) is 6.35. The zero-order valence-corrected chi connectivity index (χ0v) is 13.3. The lowest BCUT2D eigenvalue weighted by atomic mass is 9.96. The Kier molecular flexibility index (Phi) is 3.90. The molecule has 3 rings (SSSR count). The third-order valence-electron chi connectivity index (χ3n) is 4.16. The Morgan fingerprint density at radius 3 is 2.04 bits per heavy atom. The minimum Gasteiger partial charge on any atom is -0.324 e. The summed E-state index contributed by atoms with van der Waals surface area (Å²) in [5.74, 6) is -0.188. The number of hydrogen-bond acceptors (Lipinski definition) is 2. The van der Waals surface area contributed by atoms with Crippen molar-refractivity contribution in [3.63, 3.8) is 0 Å². The first-order valence-electron chi connectivity index (χ1n) is 7.74. The van der Waals surface area contributed by atoms with Crippen LogP contribution in [0.1, 0.15) is 31.0 Å². The Balaban J connectivity index is 1.99. The summed E-state index contributed by atoms with van der Waals surface area (Å²) in [5.41, 5.74) is 1.19. The molecular weight excluding hydrogens is 288 g/mol. The third-order valence-corrected chi connectivity index (χ3v) is 4.16. The molecule has 0 aromatic heterocycles. The molecule has 2 aromatic carbocycles. The van der Waals surface area contributed by atoms with Gasteiger partial charge in [0.25, 0.3) is 5.91 Å². The topological polar surface area (TPSA) is 49.4 Å². The molecule has 1 atom stereocenters. The van der Waals surface area contributed by atoms with Gasteiger partial charge in [0.05, 0.1) is 6.04 Å². The molecule has 1 aliphatic rings. The van der Waals surface area contributed by atoms with Crippen LogP contribution in [0.25, 0.3) is 0 Å². The normalized spacial score (nSPS) is 17.9. The Hall–Kier alpha value is -2.62. The number of nitrogens with zero attached hydrogens (tertiary/aromatic N) is 1. The van der Waals surface area contributed by atoms with Crippen molar-refractivity contribution >= 4 is 11.9 Å². The minimum atomic E-state index is -0.860. The first kappa shape index (κ1) is 15.3. The first-order chi connectivity index (χ1) is 11.0. The summed E-state index contributed by atoms with van der Waals surface area (Å²) in [7, 11) is 0. The summed E-state index contributed by atoms with van der Waals surface area (Å²) in [5, 5.41) is 2.77. The van der Waals surface area contributed by atoms with Gasteiger partial charge in [0.1, 0.15) is 5.54 Å². The summed E-state index contributed by atoms with van der Waals surface area (Å²) in [4.78, 5) is 26.4. The van der Waals surface area contributed by atoms with E-state index in [0.29, 0.717) is 6.42 Å². The van der Waals surface area contributed by atoms with Crippen LogP contribution in [0.15, 0.2) is 60.7 Å². The van der Waals surface area contributed by atoms with Crippen molar-refractivity contribution in [2.75, 3.05) is 0 Å². The Morgan fingerprint density at radius 2 is 1.52 bits per heavy atom. The molecule has 1 fully saturated rings. The lowest BCUT2D eigenvalue weighted by Crippen LogP contribution is -2.41. The second kappa shape index (κ2) is 5.88. The molecule has 118 valence electrons. The average molecular weight is 308 g/mol. The fourth-order valence-electron chi connectivity index (χ4n) is 2.93. The highest BCUT2D eigenvalue weighted by atomic mass is 16.2. The number of rotatable bonds is 4. The molecule has 0 aliphatic carbocycles. The minimum absolute atomic E-state index is 0.188. The Morgan fingerprint density at radius 1 is 0.957 bits per heavy atom. The van der Waals surface area contributed by atoms with Gasteiger partial charge in [0.2, 0.25) is 0 Å². The monoisotopic (exact) mass is 308 g/mol. The summed E-state index contributed by atoms with van der Waals surface area (Å²) >= 11 is 0. The maximum absolute atomic E-state index is 12.7. The van der Waals surface area contributed by atoms with E-state index in [0.717, 1.165) is 11.1 Å². The van der Waals surface area contributed by atoms with Gasteiger partial charge >= 0.3 is 6.03 Å². The largest absolute Gasteiger partial charge is 0.325 e. The van der Waals surface area contributed by atoms with Gasteiger partial charge in [-0.05, 0) is 31.4 Å². The van der Waals surface area contributed by atoms with E-state index in [1.807, 2.05) is 60.7 Å². The Bertz CT molecular complexity index is 711. The molecule has 0 spiro atoms. The van der Waals surface area contributed by atoms with E-state index in [4.69, 9.17) is 0 Å². The summed E-state index contributed by atoms with van der Waals surface area (Å²) in [6, 6.07) is 19.0. The van der Waals surface area contributed by atoms with Crippen LogP contribution in [-0.4, -0.2) is 22.4 Å². The fraction of sp³-hybridized carbons (Fsp3) is 0.263. The maximum atomic E-state index is 12.7. The predicted molar refractivity (Wildman–Crippen MR) is 88.8 cm³/mol. The fourth-order valence-corrected chi connectivity index (χ4v) is 2.93. The second-order valence-corrected chi connectivity index (χ2v) is 6.35. The van der Waals surface area contributed by atoms with Crippen molar-refractivity contribution in [2.24, 2.45) is 0 Å². The van der Waals surface area contributed by atoms with Gasteiger partial charge in [-0.1, -0.05) is 60.7 Å². The highest BCUT2D eigenvalue weighted by Crippen LogP contribution is 2.31. The molecular formula is C19H20N2O2. The smallest absolute Gasteiger partial charge is 0.324 e. The van der Waals surface area contributed by atoms with Gasteiger partial charge in [-0.25, -0.2) is 4.79 Å². The number of hydrogen-bond donors (Lipinski definition) is 1. The SMILES string of the molecule is CC1(C)NC(=O)N(C(Cc2ccccc2)c2ccccc2)C1=O. The summed E-state index contributed by atoms with van der Waals surface area (Å²) < 4.78 is 0. The number of urea groups is 1. The van der Waals surface area contributed by atoms with Crippen molar-refractivity contribution in [3.8, 4) is 0 Å². The molecule has 1 aliphatic heterocycles. The van der Waals surface area contributed by atoms with Gasteiger partial charge in [-0.3, -0.25) is 9.69 Å². The lowest BCUT2D eigenvalue weighted by molar-refractivity contribution is -0.131. The summed E-state index contributed by atoms with van der Waals surface area (Å²) in [6.45, 7) is 3.47. The molecule has 2 aromatic rings. The van der Waals surface area contributed by atoms with Crippen molar-refractivity contribution in [3.05, 3.63) is 71.8 Å². The zero-order valence-electron chi connectivity index (χ0n) is 13.3. The van der Waals surface area contributed by atoms with Gasteiger partial charge in [-0.15, -0.1) is 0 Å². The van der Waals surface area contributed by atoms with Crippen LogP contribution in [0.2, 0.25) is 0 Å². The van der Waals surface area contributed by atoms with Crippen LogP contribution in [0, 0.1) is 0 Å². The molecule has 1 N–H and O–H groups in total. The van der Waals surface area contributed by atoms with Crippen molar-refractivity contribution in [2.45, 2.75) is 31.8 Å². The number of benzene rings is 2.